The van der Waals surface area contributed by atoms with Gasteiger partial charge in [-0.2, -0.15) is 0 Å². The van der Waals surface area contributed by atoms with Gasteiger partial charge in [0.1, 0.15) is 0 Å². The molecule has 0 bridgehead atoms. The molecular weight excluding hydrogens is 312 g/mol. The molecule has 0 saturated carbocycles. The minimum atomic E-state index is -0.395. The van der Waals surface area contributed by atoms with E-state index in [1.165, 1.54) is 19.3 Å². The average Bonchev–Trinajstić information content (AvgIpc) is 3.09. The number of carbonyl (C=O) groups excluding carboxylic acids is 1. The number of primary amides is 1. The first-order valence-corrected chi connectivity index (χ1v) is 9.50. The van der Waals surface area contributed by atoms with Crippen molar-refractivity contribution in [1.82, 2.24) is 10.2 Å². The van der Waals surface area contributed by atoms with Gasteiger partial charge in [0.05, 0.1) is 6.54 Å². The van der Waals surface area contributed by atoms with Crippen LogP contribution < -0.4 is 11.1 Å². The van der Waals surface area contributed by atoms with Crippen LogP contribution in [0.15, 0.2) is 29.3 Å². The first kappa shape index (κ1) is 19.3. The van der Waals surface area contributed by atoms with Crippen LogP contribution in [0, 0.1) is 11.8 Å². The molecule has 1 atom stereocenters. The third-order valence-corrected chi connectivity index (χ3v) is 5.22. The Hall–Kier alpha value is -2.04. The van der Waals surface area contributed by atoms with Crippen molar-refractivity contribution in [1.29, 1.82) is 0 Å². The number of benzene rings is 1. The van der Waals surface area contributed by atoms with Gasteiger partial charge in [0.2, 0.25) is 5.91 Å². The third-order valence-electron chi connectivity index (χ3n) is 5.22. The number of amides is 1. The quantitative estimate of drug-likeness (QED) is 0.590. The molecule has 138 valence electrons. The Balaban J connectivity index is 2.02. The highest BCUT2D eigenvalue weighted by atomic mass is 16.1. The Morgan fingerprint density at radius 1 is 1.28 bits per heavy atom. The lowest BCUT2D eigenvalue weighted by molar-refractivity contribution is 0.100. The van der Waals surface area contributed by atoms with Crippen LogP contribution in [0.4, 0.5) is 0 Å². The van der Waals surface area contributed by atoms with Gasteiger partial charge in [0.25, 0.3) is 0 Å². The summed E-state index contributed by atoms with van der Waals surface area (Å²) < 4.78 is 0. The number of hydrogen-bond donors (Lipinski definition) is 2. The Morgan fingerprint density at radius 3 is 2.52 bits per heavy atom. The second-order valence-electron chi connectivity index (χ2n) is 6.80. The minimum absolute atomic E-state index is 0.395. The predicted molar refractivity (Wildman–Crippen MR) is 104 cm³/mol. The number of aliphatic imine (C=N–C) groups is 1. The van der Waals surface area contributed by atoms with Crippen molar-refractivity contribution in [2.24, 2.45) is 22.6 Å². The normalized spacial score (nSPS) is 18.0. The van der Waals surface area contributed by atoms with Gasteiger partial charge in [-0.05, 0) is 42.9 Å². The standard InChI is InChI=1S/C20H32N4O/c1-4-16(5-2)18-11-12-24(14-18)20(22-6-3)23-13-15-7-9-17(10-8-15)19(21)25/h7-10,16,18H,4-6,11-14H2,1-3H3,(H2,21,25)(H,22,23). The maximum Gasteiger partial charge on any atom is 0.248 e. The van der Waals surface area contributed by atoms with Crippen LogP contribution >= 0.6 is 0 Å². The van der Waals surface area contributed by atoms with Gasteiger partial charge in [-0.3, -0.25) is 4.79 Å². The summed E-state index contributed by atoms with van der Waals surface area (Å²) in [7, 11) is 0. The molecule has 1 heterocycles. The molecule has 3 N–H and O–H groups in total. The molecule has 2 rings (SSSR count). The number of hydrogen-bond acceptors (Lipinski definition) is 2. The molecule has 1 saturated heterocycles. The summed E-state index contributed by atoms with van der Waals surface area (Å²) in [5, 5.41) is 3.42. The SMILES string of the molecule is CCNC(=NCc1ccc(C(N)=O)cc1)N1CCC(C(CC)CC)C1. The lowest BCUT2D eigenvalue weighted by Gasteiger charge is -2.24. The van der Waals surface area contributed by atoms with E-state index in [-0.39, 0.29) is 0 Å². The topological polar surface area (TPSA) is 70.7 Å². The molecule has 5 heteroatoms. The first-order chi connectivity index (χ1) is 12.1. The molecular formula is C20H32N4O. The lowest BCUT2D eigenvalue weighted by atomic mass is 9.87. The van der Waals surface area contributed by atoms with E-state index in [1.807, 2.05) is 12.1 Å². The van der Waals surface area contributed by atoms with E-state index in [4.69, 9.17) is 10.7 Å². The van der Waals surface area contributed by atoms with Gasteiger partial charge in [-0.15, -0.1) is 0 Å². The second kappa shape index (κ2) is 9.44. The molecule has 1 aromatic rings. The molecule has 1 aliphatic heterocycles. The summed E-state index contributed by atoms with van der Waals surface area (Å²) in [6.07, 6.45) is 3.77. The van der Waals surface area contributed by atoms with Crippen LogP contribution in [0.2, 0.25) is 0 Å². The minimum Gasteiger partial charge on any atom is -0.366 e. The third kappa shape index (κ3) is 5.21. The van der Waals surface area contributed by atoms with Crippen LogP contribution in [-0.2, 0) is 6.54 Å². The van der Waals surface area contributed by atoms with E-state index in [9.17, 15) is 4.79 Å². The number of carbonyl (C=O) groups is 1. The average molecular weight is 345 g/mol. The highest BCUT2D eigenvalue weighted by Gasteiger charge is 2.29. The molecule has 25 heavy (non-hydrogen) atoms. The Bertz CT molecular complexity index is 578. The molecule has 0 aromatic heterocycles. The number of nitrogens with one attached hydrogen (secondary N) is 1. The highest BCUT2D eigenvalue weighted by Crippen LogP contribution is 2.28. The fourth-order valence-electron chi connectivity index (χ4n) is 3.69. The van der Waals surface area contributed by atoms with Crippen molar-refractivity contribution in [2.45, 2.75) is 46.6 Å². The molecule has 0 radical (unpaired) electrons. The van der Waals surface area contributed by atoms with Crippen LogP contribution in [0.1, 0.15) is 56.0 Å². The zero-order valence-electron chi connectivity index (χ0n) is 15.8. The molecule has 1 aliphatic rings. The summed E-state index contributed by atoms with van der Waals surface area (Å²) in [6, 6.07) is 7.37. The van der Waals surface area contributed by atoms with Crippen molar-refractivity contribution >= 4 is 11.9 Å². The number of nitrogens with two attached hydrogens (primary N) is 1. The molecule has 1 unspecified atom stereocenters. The van der Waals surface area contributed by atoms with Crippen LogP contribution in [0.5, 0.6) is 0 Å². The number of nitrogens with zero attached hydrogens (tertiary/aromatic N) is 2. The molecule has 5 nitrogen and oxygen atoms in total. The number of guanidine groups is 1. The monoisotopic (exact) mass is 344 g/mol. The maximum atomic E-state index is 11.2. The zero-order valence-corrected chi connectivity index (χ0v) is 15.8. The highest BCUT2D eigenvalue weighted by molar-refractivity contribution is 5.92. The number of rotatable bonds is 7. The Labute approximate surface area is 151 Å². The van der Waals surface area contributed by atoms with E-state index >= 15 is 0 Å². The summed E-state index contributed by atoms with van der Waals surface area (Å²) in [4.78, 5) is 18.3. The van der Waals surface area contributed by atoms with Gasteiger partial charge in [0.15, 0.2) is 5.96 Å². The second-order valence-corrected chi connectivity index (χ2v) is 6.80. The van der Waals surface area contributed by atoms with Gasteiger partial charge in [0, 0.05) is 25.2 Å². The smallest absolute Gasteiger partial charge is 0.248 e. The van der Waals surface area contributed by atoms with Gasteiger partial charge in [-0.1, -0.05) is 38.8 Å². The summed E-state index contributed by atoms with van der Waals surface area (Å²) in [6.45, 7) is 10.3. The Kier molecular flexibility index (Phi) is 7.29. The number of likely N-dealkylation sites (tertiary alicyclic amines) is 1. The van der Waals surface area contributed by atoms with Crippen molar-refractivity contribution in [3.63, 3.8) is 0 Å². The van der Waals surface area contributed by atoms with Crippen molar-refractivity contribution in [3.05, 3.63) is 35.4 Å². The van der Waals surface area contributed by atoms with Crippen molar-refractivity contribution in [3.8, 4) is 0 Å². The summed E-state index contributed by atoms with van der Waals surface area (Å²) in [5.41, 5.74) is 6.90. The molecule has 1 fully saturated rings. The molecule has 1 aromatic carbocycles. The largest absolute Gasteiger partial charge is 0.366 e. The van der Waals surface area contributed by atoms with Crippen molar-refractivity contribution in [2.75, 3.05) is 19.6 Å². The van der Waals surface area contributed by atoms with E-state index in [0.29, 0.717) is 12.1 Å². The predicted octanol–water partition coefficient (Wildman–Crippen LogP) is 3.01. The van der Waals surface area contributed by atoms with E-state index in [0.717, 1.165) is 43.0 Å². The van der Waals surface area contributed by atoms with E-state index < -0.39 is 5.91 Å². The Morgan fingerprint density at radius 2 is 1.96 bits per heavy atom. The van der Waals surface area contributed by atoms with Gasteiger partial charge < -0.3 is 16.0 Å². The molecule has 1 amide bonds. The molecule has 0 spiro atoms. The lowest BCUT2D eigenvalue weighted by Crippen LogP contribution is -2.40. The van der Waals surface area contributed by atoms with Crippen molar-refractivity contribution < 1.29 is 4.79 Å². The van der Waals surface area contributed by atoms with Crippen LogP contribution in [0.3, 0.4) is 0 Å². The maximum absolute atomic E-state index is 11.2. The molecule has 0 aliphatic carbocycles. The van der Waals surface area contributed by atoms with E-state index in [2.05, 4.69) is 31.0 Å². The summed E-state index contributed by atoms with van der Waals surface area (Å²) >= 11 is 0. The fraction of sp³-hybridized carbons (Fsp3) is 0.600. The first-order valence-electron chi connectivity index (χ1n) is 9.50. The van der Waals surface area contributed by atoms with Crippen LogP contribution in [0.25, 0.3) is 0 Å². The van der Waals surface area contributed by atoms with Gasteiger partial charge in [-0.25, -0.2) is 4.99 Å². The fourth-order valence-corrected chi connectivity index (χ4v) is 3.69. The zero-order chi connectivity index (χ0) is 18.2. The summed E-state index contributed by atoms with van der Waals surface area (Å²) in [5.74, 6) is 2.19. The van der Waals surface area contributed by atoms with Gasteiger partial charge >= 0.3 is 0 Å². The van der Waals surface area contributed by atoms with E-state index in [1.54, 1.807) is 12.1 Å². The van der Waals surface area contributed by atoms with Crippen LogP contribution in [-0.4, -0.2) is 36.4 Å².